The summed E-state index contributed by atoms with van der Waals surface area (Å²) in [6, 6.07) is 5.95. The molecule has 0 aliphatic carbocycles. The Labute approximate surface area is 133 Å². The Hall–Kier alpha value is -1.92. The fourth-order valence-electron chi connectivity index (χ4n) is 2.42. The van der Waals surface area contributed by atoms with Crippen LogP contribution in [-0.2, 0) is 13.0 Å². The molecule has 0 saturated carbocycles. The summed E-state index contributed by atoms with van der Waals surface area (Å²) in [7, 11) is 0. The summed E-state index contributed by atoms with van der Waals surface area (Å²) >= 11 is 1.61. The van der Waals surface area contributed by atoms with Gasteiger partial charge in [0.15, 0.2) is 0 Å². The number of hydrogen-bond acceptors (Lipinski definition) is 6. The third-order valence-electron chi connectivity index (χ3n) is 3.48. The quantitative estimate of drug-likeness (QED) is 0.756. The van der Waals surface area contributed by atoms with Crippen LogP contribution >= 0.6 is 11.3 Å². The van der Waals surface area contributed by atoms with Gasteiger partial charge in [-0.1, -0.05) is 6.92 Å². The molecule has 116 valence electrons. The van der Waals surface area contributed by atoms with Gasteiger partial charge in [0.2, 0.25) is 0 Å². The number of fused-ring (bicyclic) bond motifs is 1. The van der Waals surface area contributed by atoms with E-state index in [1.165, 1.54) is 0 Å². The van der Waals surface area contributed by atoms with Crippen molar-refractivity contribution >= 4 is 27.4 Å². The van der Waals surface area contributed by atoms with E-state index in [2.05, 4.69) is 9.97 Å². The standard InChI is InChI=1S/C16H19N3O2S/c1-3-14-17-15(13-6-9-22-16(13)18-14)19(7-8-20)10-12-5-4-11(2)21-12/h4-6,9,20H,3,7-8,10H2,1-2H3. The molecular formula is C16H19N3O2S. The van der Waals surface area contributed by atoms with Crippen molar-refractivity contribution in [3.63, 3.8) is 0 Å². The largest absolute Gasteiger partial charge is 0.464 e. The summed E-state index contributed by atoms with van der Waals surface area (Å²) in [5, 5.41) is 12.5. The Morgan fingerprint density at radius 3 is 2.82 bits per heavy atom. The summed E-state index contributed by atoms with van der Waals surface area (Å²) in [6.07, 6.45) is 0.785. The van der Waals surface area contributed by atoms with Crippen molar-refractivity contribution in [2.24, 2.45) is 0 Å². The summed E-state index contributed by atoms with van der Waals surface area (Å²) < 4.78 is 5.67. The van der Waals surface area contributed by atoms with Crippen LogP contribution in [0.25, 0.3) is 10.2 Å². The Bertz CT molecular complexity index is 766. The summed E-state index contributed by atoms with van der Waals surface area (Å²) in [5.74, 6) is 3.44. The average molecular weight is 317 g/mol. The van der Waals surface area contributed by atoms with Gasteiger partial charge in [-0.15, -0.1) is 11.3 Å². The third kappa shape index (κ3) is 2.98. The third-order valence-corrected chi connectivity index (χ3v) is 4.29. The van der Waals surface area contributed by atoms with Crippen molar-refractivity contribution in [3.05, 3.63) is 40.9 Å². The van der Waals surface area contributed by atoms with Crippen molar-refractivity contribution in [1.29, 1.82) is 0 Å². The van der Waals surface area contributed by atoms with Gasteiger partial charge in [-0.05, 0) is 30.5 Å². The lowest BCUT2D eigenvalue weighted by molar-refractivity contribution is 0.299. The van der Waals surface area contributed by atoms with E-state index in [-0.39, 0.29) is 6.61 Å². The normalized spacial score (nSPS) is 11.2. The number of rotatable bonds is 6. The first-order valence-corrected chi connectivity index (χ1v) is 8.24. The molecule has 0 spiro atoms. The molecule has 22 heavy (non-hydrogen) atoms. The lowest BCUT2D eigenvalue weighted by Crippen LogP contribution is -2.27. The predicted molar refractivity (Wildman–Crippen MR) is 88.4 cm³/mol. The molecule has 6 heteroatoms. The molecule has 0 radical (unpaired) electrons. The van der Waals surface area contributed by atoms with Gasteiger partial charge in [0.05, 0.1) is 18.5 Å². The molecule has 1 N–H and O–H groups in total. The maximum Gasteiger partial charge on any atom is 0.141 e. The fraction of sp³-hybridized carbons (Fsp3) is 0.375. The van der Waals surface area contributed by atoms with Gasteiger partial charge in [0.1, 0.15) is 28.0 Å². The van der Waals surface area contributed by atoms with Crippen LogP contribution < -0.4 is 4.90 Å². The Morgan fingerprint density at radius 2 is 2.14 bits per heavy atom. The molecule has 3 aromatic heterocycles. The number of thiophene rings is 1. The highest BCUT2D eigenvalue weighted by molar-refractivity contribution is 7.16. The number of aliphatic hydroxyl groups is 1. The summed E-state index contributed by atoms with van der Waals surface area (Å²) in [5.41, 5.74) is 0. The second kappa shape index (κ2) is 6.46. The van der Waals surface area contributed by atoms with Crippen LogP contribution in [0.15, 0.2) is 28.0 Å². The molecule has 0 aliphatic rings. The monoisotopic (exact) mass is 317 g/mol. The first kappa shape index (κ1) is 15.0. The zero-order valence-electron chi connectivity index (χ0n) is 12.7. The highest BCUT2D eigenvalue weighted by Gasteiger charge is 2.16. The van der Waals surface area contributed by atoms with Crippen LogP contribution in [0.2, 0.25) is 0 Å². The van der Waals surface area contributed by atoms with Gasteiger partial charge in [-0.25, -0.2) is 9.97 Å². The minimum absolute atomic E-state index is 0.0663. The highest BCUT2D eigenvalue weighted by Crippen LogP contribution is 2.29. The van der Waals surface area contributed by atoms with Crippen LogP contribution in [0.5, 0.6) is 0 Å². The van der Waals surface area contributed by atoms with Crippen LogP contribution in [0, 0.1) is 6.92 Å². The fourth-order valence-corrected chi connectivity index (χ4v) is 3.20. The highest BCUT2D eigenvalue weighted by atomic mass is 32.1. The minimum Gasteiger partial charge on any atom is -0.464 e. The van der Waals surface area contributed by atoms with Gasteiger partial charge < -0.3 is 14.4 Å². The number of aryl methyl sites for hydroxylation is 2. The van der Waals surface area contributed by atoms with Crippen LogP contribution in [0.3, 0.4) is 0 Å². The van der Waals surface area contributed by atoms with Gasteiger partial charge in [-0.3, -0.25) is 0 Å². The minimum atomic E-state index is 0.0663. The Balaban J connectivity index is 2.01. The molecule has 0 aliphatic heterocycles. The first-order chi connectivity index (χ1) is 10.7. The second-order valence-electron chi connectivity index (χ2n) is 5.11. The molecule has 0 amide bonds. The summed E-state index contributed by atoms with van der Waals surface area (Å²) in [4.78, 5) is 12.3. The lowest BCUT2D eigenvalue weighted by Gasteiger charge is -2.23. The molecule has 0 fully saturated rings. The molecule has 5 nitrogen and oxygen atoms in total. The molecule has 0 unspecified atom stereocenters. The zero-order chi connectivity index (χ0) is 15.5. The number of nitrogens with zero attached hydrogens (tertiary/aromatic N) is 3. The number of hydrogen-bond donors (Lipinski definition) is 1. The number of furan rings is 1. The Morgan fingerprint density at radius 1 is 1.27 bits per heavy atom. The predicted octanol–water partition coefficient (Wildman–Crippen LogP) is 3.15. The van der Waals surface area contributed by atoms with Crippen molar-refractivity contribution in [3.8, 4) is 0 Å². The maximum atomic E-state index is 9.42. The van der Waals surface area contributed by atoms with E-state index in [4.69, 9.17) is 4.42 Å². The van der Waals surface area contributed by atoms with E-state index in [0.29, 0.717) is 13.1 Å². The molecule has 3 aromatic rings. The smallest absolute Gasteiger partial charge is 0.141 e. The molecule has 0 atom stereocenters. The van der Waals surface area contributed by atoms with Crippen LogP contribution in [-0.4, -0.2) is 28.2 Å². The molecular weight excluding hydrogens is 298 g/mol. The lowest BCUT2D eigenvalue weighted by atomic mass is 10.3. The van der Waals surface area contributed by atoms with Crippen molar-refractivity contribution in [2.45, 2.75) is 26.8 Å². The van der Waals surface area contributed by atoms with Crippen molar-refractivity contribution < 1.29 is 9.52 Å². The van der Waals surface area contributed by atoms with E-state index in [1.54, 1.807) is 11.3 Å². The van der Waals surface area contributed by atoms with Crippen LogP contribution in [0.4, 0.5) is 5.82 Å². The van der Waals surface area contributed by atoms with Gasteiger partial charge >= 0.3 is 0 Å². The second-order valence-corrected chi connectivity index (χ2v) is 6.01. The molecule has 3 rings (SSSR count). The molecule has 0 saturated heterocycles. The number of anilines is 1. The maximum absolute atomic E-state index is 9.42. The molecule has 3 heterocycles. The van der Waals surface area contributed by atoms with E-state index in [1.807, 2.05) is 42.3 Å². The van der Waals surface area contributed by atoms with Crippen LogP contribution in [0.1, 0.15) is 24.3 Å². The van der Waals surface area contributed by atoms with Gasteiger partial charge in [-0.2, -0.15) is 0 Å². The van der Waals surface area contributed by atoms with Gasteiger partial charge in [0.25, 0.3) is 0 Å². The summed E-state index contributed by atoms with van der Waals surface area (Å²) in [6.45, 7) is 5.13. The van der Waals surface area contributed by atoms with E-state index < -0.39 is 0 Å². The van der Waals surface area contributed by atoms with E-state index in [9.17, 15) is 5.11 Å². The number of aliphatic hydroxyl groups excluding tert-OH is 1. The number of aromatic nitrogens is 2. The molecule has 0 aromatic carbocycles. The zero-order valence-corrected chi connectivity index (χ0v) is 13.6. The SMILES string of the molecule is CCc1nc(N(CCO)Cc2ccc(C)o2)c2ccsc2n1. The van der Waals surface area contributed by atoms with Crippen molar-refractivity contribution in [1.82, 2.24) is 9.97 Å². The van der Waals surface area contributed by atoms with E-state index >= 15 is 0 Å². The Kier molecular flexibility index (Phi) is 4.40. The van der Waals surface area contributed by atoms with Gasteiger partial charge in [0, 0.05) is 13.0 Å². The van der Waals surface area contributed by atoms with Crippen molar-refractivity contribution in [2.75, 3.05) is 18.1 Å². The average Bonchev–Trinajstić information content (AvgIpc) is 3.14. The van der Waals surface area contributed by atoms with E-state index in [0.717, 1.165) is 39.8 Å². The first-order valence-electron chi connectivity index (χ1n) is 7.36. The topological polar surface area (TPSA) is 62.4 Å². The molecule has 0 bridgehead atoms.